The van der Waals surface area contributed by atoms with Crippen molar-refractivity contribution in [1.82, 2.24) is 0 Å². The van der Waals surface area contributed by atoms with Crippen LogP contribution in [0, 0.1) is 11.3 Å². The molecule has 0 bridgehead atoms. The number of hydrogen-bond acceptors (Lipinski definition) is 4. The van der Waals surface area contributed by atoms with Crippen molar-refractivity contribution < 1.29 is 0 Å². The third kappa shape index (κ3) is 5.39. The molecule has 1 unspecified atom stereocenters. The average Bonchev–Trinajstić information content (AvgIpc) is 2.40. The van der Waals surface area contributed by atoms with Gasteiger partial charge in [-0.1, -0.05) is 18.2 Å². The Bertz CT molecular complexity index is 481. The van der Waals surface area contributed by atoms with Gasteiger partial charge in [-0.15, -0.1) is 0 Å². The zero-order valence-electron chi connectivity index (χ0n) is 9.82. The van der Waals surface area contributed by atoms with Crippen LogP contribution in [0.1, 0.15) is 5.56 Å². The fourth-order valence-electron chi connectivity index (χ4n) is 1.20. The molecule has 1 atom stereocenters. The van der Waals surface area contributed by atoms with Crippen molar-refractivity contribution in [3.8, 4) is 6.07 Å². The van der Waals surface area contributed by atoms with Gasteiger partial charge in [-0.2, -0.15) is 17.9 Å². The summed E-state index contributed by atoms with van der Waals surface area (Å²) in [5.74, 6) is 0. The molecule has 18 heavy (non-hydrogen) atoms. The summed E-state index contributed by atoms with van der Waals surface area (Å²) < 4.78 is 0. The largest absolute Gasteiger partial charge is 0.362 e. The van der Waals surface area contributed by atoms with E-state index in [1.807, 2.05) is 30.4 Å². The standard InChI is InChI=1S/C14H15N3S/c15-11-12-4-6-14(7-5-12)17-9-8-13(16)3-1-2-10-18/h1-10,13,17-18H,16H2/b3-1+,9-8-,10-2-. The molecule has 3 N–H and O–H groups in total. The highest BCUT2D eigenvalue weighted by Gasteiger charge is 1.91. The lowest BCUT2D eigenvalue weighted by Crippen LogP contribution is -2.13. The molecule has 1 rings (SSSR count). The molecule has 0 fully saturated rings. The molecule has 0 amide bonds. The van der Waals surface area contributed by atoms with Crippen LogP contribution >= 0.6 is 12.6 Å². The number of allylic oxidation sites excluding steroid dienone is 2. The smallest absolute Gasteiger partial charge is 0.0991 e. The number of nitriles is 1. The fraction of sp³-hybridized carbons (Fsp3) is 0.0714. The number of benzene rings is 1. The van der Waals surface area contributed by atoms with Gasteiger partial charge in [0.15, 0.2) is 0 Å². The number of rotatable bonds is 5. The highest BCUT2D eigenvalue weighted by atomic mass is 32.1. The van der Waals surface area contributed by atoms with E-state index < -0.39 is 0 Å². The highest BCUT2D eigenvalue weighted by molar-refractivity contribution is 7.83. The first-order chi connectivity index (χ1) is 8.76. The Kier molecular flexibility index (Phi) is 6.41. The van der Waals surface area contributed by atoms with Gasteiger partial charge in [0.25, 0.3) is 0 Å². The molecule has 0 heterocycles. The van der Waals surface area contributed by atoms with Gasteiger partial charge in [0, 0.05) is 11.7 Å². The van der Waals surface area contributed by atoms with E-state index in [1.54, 1.807) is 29.8 Å². The van der Waals surface area contributed by atoms with Gasteiger partial charge in [0.1, 0.15) is 0 Å². The molecule has 4 heteroatoms. The van der Waals surface area contributed by atoms with Crippen molar-refractivity contribution >= 4 is 18.3 Å². The minimum Gasteiger partial charge on any atom is -0.362 e. The summed E-state index contributed by atoms with van der Waals surface area (Å²) in [7, 11) is 0. The molecule has 0 saturated heterocycles. The molecule has 0 radical (unpaired) electrons. The minimum atomic E-state index is -0.152. The Morgan fingerprint density at radius 1 is 1.22 bits per heavy atom. The monoisotopic (exact) mass is 257 g/mol. The third-order valence-corrected chi connectivity index (χ3v) is 2.29. The molecule has 0 aliphatic heterocycles. The first-order valence-corrected chi connectivity index (χ1v) is 5.94. The maximum atomic E-state index is 8.66. The predicted molar refractivity (Wildman–Crippen MR) is 79.2 cm³/mol. The lowest BCUT2D eigenvalue weighted by Gasteiger charge is -2.01. The number of thiol groups is 1. The van der Waals surface area contributed by atoms with Crippen LogP contribution in [0.3, 0.4) is 0 Å². The zero-order valence-corrected chi connectivity index (χ0v) is 10.7. The second kappa shape index (κ2) is 8.18. The van der Waals surface area contributed by atoms with E-state index in [0.717, 1.165) is 5.69 Å². The Labute approximate surface area is 113 Å². The maximum Gasteiger partial charge on any atom is 0.0991 e. The zero-order chi connectivity index (χ0) is 13.2. The van der Waals surface area contributed by atoms with Crippen molar-refractivity contribution in [2.45, 2.75) is 6.04 Å². The predicted octanol–water partition coefficient (Wildman–Crippen LogP) is 2.81. The van der Waals surface area contributed by atoms with Crippen LogP contribution in [0.5, 0.6) is 0 Å². The van der Waals surface area contributed by atoms with Crippen LogP contribution in [-0.4, -0.2) is 6.04 Å². The fourth-order valence-corrected chi connectivity index (χ4v) is 1.30. The van der Waals surface area contributed by atoms with Crippen LogP contribution in [-0.2, 0) is 0 Å². The number of nitrogens with zero attached hydrogens (tertiary/aromatic N) is 1. The quantitative estimate of drug-likeness (QED) is 0.561. The summed E-state index contributed by atoms with van der Waals surface area (Å²) in [5.41, 5.74) is 7.36. The number of nitrogens with one attached hydrogen (secondary N) is 1. The number of nitrogens with two attached hydrogens (primary N) is 1. The van der Waals surface area contributed by atoms with Gasteiger partial charge in [0.05, 0.1) is 11.6 Å². The van der Waals surface area contributed by atoms with E-state index in [1.165, 1.54) is 0 Å². The third-order valence-electron chi connectivity index (χ3n) is 2.11. The summed E-state index contributed by atoms with van der Waals surface area (Å²) in [6.45, 7) is 0. The molecule has 0 spiro atoms. The van der Waals surface area contributed by atoms with Gasteiger partial charge in [-0.25, -0.2) is 0 Å². The van der Waals surface area contributed by atoms with E-state index in [-0.39, 0.29) is 6.04 Å². The molecule has 0 aliphatic rings. The van der Waals surface area contributed by atoms with E-state index in [9.17, 15) is 0 Å². The second-order valence-electron chi connectivity index (χ2n) is 3.50. The molecule has 0 saturated carbocycles. The maximum absolute atomic E-state index is 8.66. The Hall–Kier alpha value is -1.96. The van der Waals surface area contributed by atoms with Crippen LogP contribution in [0.15, 0.2) is 60.2 Å². The van der Waals surface area contributed by atoms with Crippen molar-refractivity contribution in [3.05, 3.63) is 65.7 Å². The topological polar surface area (TPSA) is 61.8 Å². The van der Waals surface area contributed by atoms with Crippen molar-refractivity contribution in [1.29, 1.82) is 5.26 Å². The lowest BCUT2D eigenvalue weighted by atomic mass is 10.2. The van der Waals surface area contributed by atoms with Crippen molar-refractivity contribution in [3.63, 3.8) is 0 Å². The first kappa shape index (κ1) is 14.1. The summed E-state index contributed by atoms with van der Waals surface area (Å²) in [5, 5.41) is 13.4. The summed E-state index contributed by atoms with van der Waals surface area (Å²) in [6, 6.07) is 9.11. The van der Waals surface area contributed by atoms with E-state index in [2.05, 4.69) is 24.0 Å². The molecule has 3 nitrogen and oxygen atoms in total. The minimum absolute atomic E-state index is 0.152. The number of anilines is 1. The van der Waals surface area contributed by atoms with Crippen LogP contribution in [0.2, 0.25) is 0 Å². The summed E-state index contributed by atoms with van der Waals surface area (Å²) >= 11 is 3.93. The molecule has 92 valence electrons. The van der Waals surface area contributed by atoms with Gasteiger partial charge < -0.3 is 11.1 Å². The Morgan fingerprint density at radius 3 is 2.56 bits per heavy atom. The molecule has 0 aromatic heterocycles. The number of hydrogen-bond donors (Lipinski definition) is 3. The average molecular weight is 257 g/mol. The Balaban J connectivity index is 2.46. The van der Waals surface area contributed by atoms with Gasteiger partial charge in [-0.05, 0) is 41.9 Å². The van der Waals surface area contributed by atoms with Crippen LogP contribution in [0.25, 0.3) is 0 Å². The molecule has 1 aromatic rings. The molecular weight excluding hydrogens is 242 g/mol. The SMILES string of the molecule is N#Cc1ccc(N/C=C\C(N)/C=C/C=C\S)cc1. The summed E-state index contributed by atoms with van der Waals surface area (Å²) in [4.78, 5) is 0. The normalized spacial score (nSPS) is 13.2. The van der Waals surface area contributed by atoms with Gasteiger partial charge in [0.2, 0.25) is 0 Å². The lowest BCUT2D eigenvalue weighted by molar-refractivity contribution is 1.03. The Morgan fingerprint density at radius 2 is 1.94 bits per heavy atom. The summed E-state index contributed by atoms with van der Waals surface area (Å²) in [6.07, 6.45) is 9.10. The van der Waals surface area contributed by atoms with Crippen LogP contribution in [0.4, 0.5) is 5.69 Å². The van der Waals surface area contributed by atoms with Gasteiger partial charge >= 0.3 is 0 Å². The molecule has 0 aliphatic carbocycles. The molecular formula is C14H15N3S. The van der Waals surface area contributed by atoms with E-state index >= 15 is 0 Å². The second-order valence-corrected chi connectivity index (χ2v) is 3.79. The highest BCUT2D eigenvalue weighted by Crippen LogP contribution is 2.08. The first-order valence-electron chi connectivity index (χ1n) is 5.43. The van der Waals surface area contributed by atoms with Crippen molar-refractivity contribution in [2.75, 3.05) is 5.32 Å². The van der Waals surface area contributed by atoms with E-state index in [0.29, 0.717) is 5.56 Å². The van der Waals surface area contributed by atoms with E-state index in [4.69, 9.17) is 11.0 Å². The van der Waals surface area contributed by atoms with Gasteiger partial charge in [-0.3, -0.25) is 0 Å². The van der Waals surface area contributed by atoms with Crippen molar-refractivity contribution in [2.24, 2.45) is 5.73 Å². The van der Waals surface area contributed by atoms with Crippen LogP contribution < -0.4 is 11.1 Å². The molecule has 1 aromatic carbocycles.